The van der Waals surface area contributed by atoms with Crippen LogP contribution in [0.4, 0.5) is 5.69 Å². The summed E-state index contributed by atoms with van der Waals surface area (Å²) in [5.41, 5.74) is 2.84. The molecule has 1 aromatic heterocycles. The highest BCUT2D eigenvalue weighted by atomic mass is 16.5. The smallest absolute Gasteiger partial charge is 0.336 e. The number of fused-ring (bicyclic) bond motifs is 1. The molecule has 0 saturated carbocycles. The maximum atomic E-state index is 12.3. The Hall–Kier alpha value is -3.61. The highest BCUT2D eigenvalue weighted by Crippen LogP contribution is 2.23. The second kappa shape index (κ2) is 8.82. The first-order chi connectivity index (χ1) is 14.3. The third-order valence-corrected chi connectivity index (χ3v) is 4.71. The van der Waals surface area contributed by atoms with Gasteiger partial charge in [0.05, 0.1) is 0 Å². The van der Waals surface area contributed by atoms with Crippen molar-refractivity contribution < 1.29 is 18.7 Å². The molecule has 0 aliphatic rings. The predicted octanol–water partition coefficient (Wildman–Crippen LogP) is 3.38. The molecular weight excluding hydrogens is 384 g/mol. The number of hydrogen-bond donors (Lipinski definition) is 1. The van der Waals surface area contributed by atoms with Gasteiger partial charge in [0.15, 0.2) is 6.61 Å². The van der Waals surface area contributed by atoms with Crippen LogP contribution in [-0.4, -0.2) is 37.4 Å². The molecule has 3 aromatic rings. The quantitative estimate of drug-likeness (QED) is 0.632. The summed E-state index contributed by atoms with van der Waals surface area (Å²) in [6, 6.07) is 11.7. The van der Waals surface area contributed by atoms with E-state index in [0.29, 0.717) is 29.0 Å². The lowest BCUT2D eigenvalue weighted by Gasteiger charge is -2.13. The van der Waals surface area contributed by atoms with Gasteiger partial charge >= 0.3 is 5.63 Å². The molecule has 0 saturated heterocycles. The van der Waals surface area contributed by atoms with Crippen LogP contribution in [0.25, 0.3) is 11.0 Å². The van der Waals surface area contributed by atoms with Gasteiger partial charge in [-0.15, -0.1) is 0 Å². The van der Waals surface area contributed by atoms with E-state index >= 15 is 0 Å². The zero-order valence-electron chi connectivity index (χ0n) is 17.4. The molecule has 30 heavy (non-hydrogen) atoms. The zero-order chi connectivity index (χ0) is 21.8. The SMILES string of the molecule is CCc1cc(=O)oc2cc(OCC(=O)Nc3ccc(C(=O)N(C)C)cc3C)ccc12. The van der Waals surface area contributed by atoms with Gasteiger partial charge in [0, 0.05) is 42.9 Å². The average Bonchev–Trinajstić information content (AvgIpc) is 2.72. The average molecular weight is 408 g/mol. The molecule has 7 heteroatoms. The lowest BCUT2D eigenvalue weighted by molar-refractivity contribution is -0.118. The number of nitrogens with zero attached hydrogens (tertiary/aromatic N) is 1. The highest BCUT2D eigenvalue weighted by molar-refractivity contribution is 5.96. The molecule has 3 rings (SSSR count). The van der Waals surface area contributed by atoms with Crippen molar-refractivity contribution >= 4 is 28.5 Å². The summed E-state index contributed by atoms with van der Waals surface area (Å²) in [7, 11) is 3.37. The van der Waals surface area contributed by atoms with Gasteiger partial charge in [-0.25, -0.2) is 4.79 Å². The summed E-state index contributed by atoms with van der Waals surface area (Å²) >= 11 is 0. The molecule has 0 radical (unpaired) electrons. The molecule has 1 N–H and O–H groups in total. The largest absolute Gasteiger partial charge is 0.484 e. The molecule has 1 heterocycles. The summed E-state index contributed by atoms with van der Waals surface area (Å²) in [6.07, 6.45) is 0.711. The summed E-state index contributed by atoms with van der Waals surface area (Å²) in [4.78, 5) is 37.5. The monoisotopic (exact) mass is 408 g/mol. The summed E-state index contributed by atoms with van der Waals surface area (Å²) in [6.45, 7) is 3.58. The van der Waals surface area contributed by atoms with Crippen molar-refractivity contribution in [2.75, 3.05) is 26.0 Å². The maximum Gasteiger partial charge on any atom is 0.336 e. The molecule has 0 fully saturated rings. The first-order valence-electron chi connectivity index (χ1n) is 9.60. The Labute approximate surface area is 174 Å². The van der Waals surface area contributed by atoms with E-state index in [1.165, 1.54) is 11.0 Å². The second-order valence-electron chi connectivity index (χ2n) is 7.17. The van der Waals surface area contributed by atoms with Crippen LogP contribution in [0.3, 0.4) is 0 Å². The Morgan fingerprint density at radius 2 is 1.87 bits per heavy atom. The zero-order valence-corrected chi connectivity index (χ0v) is 17.4. The van der Waals surface area contributed by atoms with Crippen LogP contribution in [-0.2, 0) is 11.2 Å². The molecule has 0 atom stereocenters. The first-order valence-corrected chi connectivity index (χ1v) is 9.60. The summed E-state index contributed by atoms with van der Waals surface area (Å²) in [5, 5.41) is 3.62. The Morgan fingerprint density at radius 1 is 1.10 bits per heavy atom. The maximum absolute atomic E-state index is 12.3. The minimum atomic E-state index is -0.416. The fourth-order valence-electron chi connectivity index (χ4n) is 3.12. The number of carbonyl (C=O) groups excluding carboxylic acids is 2. The van der Waals surface area contributed by atoms with Crippen LogP contribution in [0.15, 0.2) is 51.7 Å². The van der Waals surface area contributed by atoms with E-state index in [1.807, 2.05) is 19.9 Å². The van der Waals surface area contributed by atoms with E-state index in [0.717, 1.165) is 16.5 Å². The lowest BCUT2D eigenvalue weighted by Crippen LogP contribution is -2.23. The van der Waals surface area contributed by atoms with Crippen molar-refractivity contribution in [3.05, 3.63) is 69.6 Å². The van der Waals surface area contributed by atoms with Gasteiger partial charge in [0.1, 0.15) is 11.3 Å². The van der Waals surface area contributed by atoms with E-state index in [1.54, 1.807) is 44.4 Å². The molecular formula is C23H24N2O5. The number of rotatable bonds is 6. The molecule has 0 unspecified atom stereocenters. The van der Waals surface area contributed by atoms with Gasteiger partial charge in [-0.05, 0) is 54.8 Å². The van der Waals surface area contributed by atoms with Crippen molar-refractivity contribution in [1.29, 1.82) is 0 Å². The number of amides is 2. The van der Waals surface area contributed by atoms with Crippen LogP contribution >= 0.6 is 0 Å². The molecule has 2 amide bonds. The Bertz CT molecular complexity index is 1160. The molecule has 0 aliphatic carbocycles. The van der Waals surface area contributed by atoms with E-state index in [9.17, 15) is 14.4 Å². The lowest BCUT2D eigenvalue weighted by atomic mass is 10.1. The minimum Gasteiger partial charge on any atom is -0.484 e. The fourth-order valence-corrected chi connectivity index (χ4v) is 3.12. The normalized spacial score (nSPS) is 10.7. The Morgan fingerprint density at radius 3 is 2.53 bits per heavy atom. The van der Waals surface area contributed by atoms with Crippen molar-refractivity contribution in [3.8, 4) is 5.75 Å². The number of benzene rings is 2. The first kappa shape index (κ1) is 21.1. The van der Waals surface area contributed by atoms with E-state index in [4.69, 9.17) is 9.15 Å². The Balaban J connectivity index is 1.67. The molecule has 7 nitrogen and oxygen atoms in total. The van der Waals surface area contributed by atoms with Crippen molar-refractivity contribution in [3.63, 3.8) is 0 Å². The van der Waals surface area contributed by atoms with Gasteiger partial charge in [0.2, 0.25) is 0 Å². The number of ether oxygens (including phenoxy) is 1. The summed E-state index contributed by atoms with van der Waals surface area (Å²) in [5.74, 6) is -0.0140. The number of anilines is 1. The van der Waals surface area contributed by atoms with Crippen LogP contribution in [0.5, 0.6) is 5.75 Å². The number of carbonyl (C=O) groups is 2. The van der Waals surface area contributed by atoms with Crippen LogP contribution < -0.4 is 15.7 Å². The minimum absolute atomic E-state index is 0.103. The number of hydrogen-bond acceptors (Lipinski definition) is 5. The van der Waals surface area contributed by atoms with Gasteiger partial charge in [-0.3, -0.25) is 9.59 Å². The van der Waals surface area contributed by atoms with Gasteiger partial charge in [-0.1, -0.05) is 6.92 Å². The second-order valence-corrected chi connectivity index (χ2v) is 7.17. The van der Waals surface area contributed by atoms with E-state index in [2.05, 4.69) is 5.32 Å². The standard InChI is InChI=1S/C23H24N2O5/c1-5-15-11-22(27)30-20-12-17(7-8-18(15)20)29-13-21(26)24-19-9-6-16(10-14(19)2)23(28)25(3)4/h6-12H,5,13H2,1-4H3,(H,24,26). The Kier molecular flexibility index (Phi) is 6.20. The van der Waals surface area contributed by atoms with E-state index < -0.39 is 5.63 Å². The molecule has 0 spiro atoms. The van der Waals surface area contributed by atoms with Crippen LogP contribution in [0.1, 0.15) is 28.4 Å². The van der Waals surface area contributed by atoms with Gasteiger partial charge < -0.3 is 19.4 Å². The van der Waals surface area contributed by atoms with Crippen LogP contribution in [0, 0.1) is 6.92 Å². The predicted molar refractivity (Wildman–Crippen MR) is 115 cm³/mol. The van der Waals surface area contributed by atoms with Crippen molar-refractivity contribution in [1.82, 2.24) is 4.90 Å². The number of aryl methyl sites for hydroxylation is 2. The van der Waals surface area contributed by atoms with Crippen molar-refractivity contribution in [2.24, 2.45) is 0 Å². The van der Waals surface area contributed by atoms with E-state index in [-0.39, 0.29) is 18.4 Å². The summed E-state index contributed by atoms with van der Waals surface area (Å²) < 4.78 is 10.8. The number of nitrogens with one attached hydrogen (secondary N) is 1. The fraction of sp³-hybridized carbons (Fsp3) is 0.261. The van der Waals surface area contributed by atoms with Crippen molar-refractivity contribution in [2.45, 2.75) is 20.3 Å². The third kappa shape index (κ3) is 4.68. The molecule has 0 bridgehead atoms. The topological polar surface area (TPSA) is 88.8 Å². The third-order valence-electron chi connectivity index (χ3n) is 4.71. The van der Waals surface area contributed by atoms with Crippen LogP contribution in [0.2, 0.25) is 0 Å². The van der Waals surface area contributed by atoms with Gasteiger partial charge in [-0.2, -0.15) is 0 Å². The molecule has 156 valence electrons. The molecule has 0 aliphatic heterocycles. The highest BCUT2D eigenvalue weighted by Gasteiger charge is 2.12. The molecule has 2 aromatic carbocycles. The van der Waals surface area contributed by atoms with Gasteiger partial charge in [0.25, 0.3) is 11.8 Å².